The second-order valence-electron chi connectivity index (χ2n) is 8.76. The van der Waals surface area contributed by atoms with Gasteiger partial charge in [-0.05, 0) is 63.4 Å². The van der Waals surface area contributed by atoms with E-state index < -0.39 is 17.7 Å². The van der Waals surface area contributed by atoms with Crippen molar-refractivity contribution in [2.24, 2.45) is 0 Å². The summed E-state index contributed by atoms with van der Waals surface area (Å²) in [5, 5.41) is 11.3. The number of amides is 1. The molecular formula is C27H33NO4. The molecule has 5 heteroatoms. The minimum Gasteiger partial charge on any atom is -0.507 e. The first-order chi connectivity index (χ1) is 15.2. The monoisotopic (exact) mass is 435 g/mol. The van der Waals surface area contributed by atoms with Crippen molar-refractivity contribution in [1.29, 1.82) is 0 Å². The predicted molar refractivity (Wildman–Crippen MR) is 127 cm³/mol. The van der Waals surface area contributed by atoms with Crippen molar-refractivity contribution in [2.75, 3.05) is 6.54 Å². The van der Waals surface area contributed by atoms with Crippen LogP contribution in [0.25, 0.3) is 5.76 Å². The molecule has 1 saturated heterocycles. The van der Waals surface area contributed by atoms with Crippen LogP contribution >= 0.6 is 0 Å². The number of rotatable bonds is 8. The molecular weight excluding hydrogens is 402 g/mol. The quantitative estimate of drug-likeness (QED) is 0.250. The van der Waals surface area contributed by atoms with Gasteiger partial charge in [0, 0.05) is 12.1 Å². The lowest BCUT2D eigenvalue weighted by molar-refractivity contribution is -0.139. The molecule has 32 heavy (non-hydrogen) atoms. The van der Waals surface area contributed by atoms with Crippen LogP contribution < -0.4 is 4.74 Å². The van der Waals surface area contributed by atoms with E-state index in [0.717, 1.165) is 36.0 Å². The molecule has 1 amide bonds. The molecule has 0 radical (unpaired) electrons. The van der Waals surface area contributed by atoms with Crippen LogP contribution in [-0.4, -0.2) is 34.3 Å². The first kappa shape index (κ1) is 23.6. The third kappa shape index (κ3) is 4.87. The number of carbonyl (C=O) groups is 2. The van der Waals surface area contributed by atoms with Crippen LogP contribution in [0.5, 0.6) is 5.75 Å². The van der Waals surface area contributed by atoms with E-state index in [2.05, 4.69) is 6.92 Å². The summed E-state index contributed by atoms with van der Waals surface area (Å²) in [6.07, 6.45) is 2.76. The number of ether oxygens (including phenoxy) is 1. The molecule has 5 nitrogen and oxygen atoms in total. The molecule has 3 rings (SSSR count). The molecule has 2 aromatic rings. The Balaban J connectivity index is 2.16. The summed E-state index contributed by atoms with van der Waals surface area (Å²) in [6.45, 7) is 10.3. The molecule has 1 aliphatic heterocycles. The van der Waals surface area contributed by atoms with Crippen LogP contribution in [0.1, 0.15) is 68.3 Å². The van der Waals surface area contributed by atoms with Gasteiger partial charge in [-0.1, -0.05) is 49.6 Å². The number of ketones is 1. The van der Waals surface area contributed by atoms with Crippen LogP contribution in [0.2, 0.25) is 0 Å². The summed E-state index contributed by atoms with van der Waals surface area (Å²) in [5.41, 5.74) is 3.29. The van der Waals surface area contributed by atoms with Gasteiger partial charge >= 0.3 is 0 Å². The van der Waals surface area contributed by atoms with E-state index in [1.54, 1.807) is 4.90 Å². The summed E-state index contributed by atoms with van der Waals surface area (Å²) >= 11 is 0. The Morgan fingerprint density at radius 1 is 1.09 bits per heavy atom. The predicted octanol–water partition coefficient (Wildman–Crippen LogP) is 5.70. The largest absolute Gasteiger partial charge is 0.507 e. The van der Waals surface area contributed by atoms with Gasteiger partial charge in [0.1, 0.15) is 11.5 Å². The standard InChI is InChI=1S/C27H33NO4/c1-6-7-8-14-28-24(20-10-9-11-21(16-20)32-17(2)3)23(26(30)27(28)31)25(29)22-15-18(4)12-13-19(22)5/h9-13,15-17,24,29H,6-8,14H2,1-5H3/b25-23+. The highest BCUT2D eigenvalue weighted by Gasteiger charge is 2.46. The third-order valence-corrected chi connectivity index (χ3v) is 5.74. The molecule has 0 aromatic heterocycles. The first-order valence-electron chi connectivity index (χ1n) is 11.4. The van der Waals surface area contributed by atoms with E-state index in [-0.39, 0.29) is 17.4 Å². The number of Topliss-reactive ketones (excluding diaryl/α,β-unsaturated/α-hetero) is 1. The minimum atomic E-state index is -0.650. The van der Waals surface area contributed by atoms with Crippen LogP contribution in [-0.2, 0) is 9.59 Å². The first-order valence-corrected chi connectivity index (χ1v) is 11.4. The zero-order valence-corrected chi connectivity index (χ0v) is 19.6. The summed E-state index contributed by atoms with van der Waals surface area (Å²) < 4.78 is 5.85. The number of carbonyl (C=O) groups excluding carboxylic acids is 2. The van der Waals surface area contributed by atoms with Gasteiger partial charge in [0.2, 0.25) is 0 Å². The Bertz CT molecular complexity index is 1040. The van der Waals surface area contributed by atoms with Crippen molar-refractivity contribution < 1.29 is 19.4 Å². The zero-order valence-electron chi connectivity index (χ0n) is 19.6. The number of aliphatic hydroxyl groups excluding tert-OH is 1. The third-order valence-electron chi connectivity index (χ3n) is 5.74. The Kier molecular flexibility index (Phi) is 7.39. The molecule has 1 N–H and O–H groups in total. The highest BCUT2D eigenvalue weighted by molar-refractivity contribution is 6.46. The molecule has 0 bridgehead atoms. The van der Waals surface area contributed by atoms with Crippen LogP contribution in [0, 0.1) is 13.8 Å². The Morgan fingerprint density at radius 2 is 1.84 bits per heavy atom. The number of hydrogen-bond acceptors (Lipinski definition) is 4. The average Bonchev–Trinajstić information content (AvgIpc) is 3.00. The Morgan fingerprint density at radius 3 is 2.53 bits per heavy atom. The molecule has 0 aliphatic carbocycles. The highest BCUT2D eigenvalue weighted by atomic mass is 16.5. The van der Waals surface area contributed by atoms with E-state index in [1.165, 1.54) is 0 Å². The van der Waals surface area contributed by atoms with Crippen LogP contribution in [0.15, 0.2) is 48.0 Å². The average molecular weight is 436 g/mol. The number of likely N-dealkylation sites (tertiary alicyclic amines) is 1. The van der Waals surface area contributed by atoms with E-state index in [1.807, 2.05) is 70.2 Å². The van der Waals surface area contributed by atoms with Crippen molar-refractivity contribution in [2.45, 2.75) is 66.0 Å². The summed E-state index contributed by atoms with van der Waals surface area (Å²) in [5.74, 6) is -0.653. The maximum absolute atomic E-state index is 13.2. The number of unbranched alkanes of at least 4 members (excludes halogenated alkanes) is 2. The summed E-state index contributed by atoms with van der Waals surface area (Å²) in [7, 11) is 0. The fraction of sp³-hybridized carbons (Fsp3) is 0.407. The zero-order chi connectivity index (χ0) is 23.4. The Hall–Kier alpha value is -3.08. The molecule has 2 aromatic carbocycles. The second kappa shape index (κ2) is 10.0. The fourth-order valence-electron chi connectivity index (χ4n) is 4.16. The lowest BCUT2D eigenvalue weighted by Gasteiger charge is -2.26. The van der Waals surface area contributed by atoms with E-state index in [4.69, 9.17) is 4.74 Å². The van der Waals surface area contributed by atoms with Crippen molar-refractivity contribution in [1.82, 2.24) is 4.90 Å². The molecule has 1 fully saturated rings. The van der Waals surface area contributed by atoms with Crippen molar-refractivity contribution in [3.63, 3.8) is 0 Å². The van der Waals surface area contributed by atoms with Gasteiger partial charge in [-0.2, -0.15) is 0 Å². The van der Waals surface area contributed by atoms with Gasteiger partial charge in [0.15, 0.2) is 0 Å². The van der Waals surface area contributed by atoms with Crippen LogP contribution in [0.4, 0.5) is 0 Å². The maximum atomic E-state index is 13.2. The van der Waals surface area contributed by atoms with Gasteiger partial charge in [-0.15, -0.1) is 0 Å². The SMILES string of the molecule is CCCCCN1C(=O)C(=O)/C(=C(/O)c2cc(C)ccc2C)C1c1cccc(OC(C)C)c1. The topological polar surface area (TPSA) is 66.8 Å². The number of benzene rings is 2. The molecule has 1 aliphatic rings. The molecule has 170 valence electrons. The molecule has 1 unspecified atom stereocenters. The van der Waals surface area contributed by atoms with Crippen LogP contribution in [0.3, 0.4) is 0 Å². The van der Waals surface area contributed by atoms with Gasteiger partial charge in [0.05, 0.1) is 17.7 Å². The van der Waals surface area contributed by atoms with Gasteiger partial charge < -0.3 is 14.7 Å². The highest BCUT2D eigenvalue weighted by Crippen LogP contribution is 2.41. The lowest BCUT2D eigenvalue weighted by atomic mass is 9.93. The van der Waals surface area contributed by atoms with Gasteiger partial charge in [-0.3, -0.25) is 9.59 Å². The van der Waals surface area contributed by atoms with Crippen molar-refractivity contribution in [3.8, 4) is 5.75 Å². The molecule has 1 atom stereocenters. The Labute approximate surface area is 190 Å². The number of nitrogens with zero attached hydrogens (tertiary/aromatic N) is 1. The number of hydrogen-bond donors (Lipinski definition) is 1. The lowest BCUT2D eigenvalue weighted by Crippen LogP contribution is -2.30. The number of aliphatic hydroxyl groups is 1. The van der Waals surface area contributed by atoms with E-state index >= 15 is 0 Å². The summed E-state index contributed by atoms with van der Waals surface area (Å²) in [6, 6.07) is 12.5. The smallest absolute Gasteiger partial charge is 0.295 e. The summed E-state index contributed by atoms with van der Waals surface area (Å²) in [4.78, 5) is 27.8. The van der Waals surface area contributed by atoms with E-state index in [9.17, 15) is 14.7 Å². The second-order valence-corrected chi connectivity index (χ2v) is 8.76. The normalized spacial score (nSPS) is 17.9. The van der Waals surface area contributed by atoms with Gasteiger partial charge in [0.25, 0.3) is 11.7 Å². The van der Waals surface area contributed by atoms with Crippen molar-refractivity contribution in [3.05, 3.63) is 70.3 Å². The van der Waals surface area contributed by atoms with Crippen molar-refractivity contribution >= 4 is 17.4 Å². The van der Waals surface area contributed by atoms with E-state index in [0.29, 0.717) is 17.9 Å². The molecule has 1 heterocycles. The van der Waals surface area contributed by atoms with Gasteiger partial charge in [-0.25, -0.2) is 0 Å². The minimum absolute atomic E-state index is 0.00360. The molecule has 0 saturated carbocycles. The number of aryl methyl sites for hydroxylation is 2. The fourth-order valence-corrected chi connectivity index (χ4v) is 4.16. The maximum Gasteiger partial charge on any atom is 0.295 e. The molecule has 0 spiro atoms.